The minimum atomic E-state index is -0.530. The van der Waals surface area contributed by atoms with Crippen LogP contribution < -0.4 is 24.8 Å². The SMILES string of the molecule is COc1cc(C(=O)NCCNC(=O)c2nc(-c3ccc(C)cc3)no2)cc(OC)c1OC. The molecular weight excluding hydrogens is 416 g/mol. The Balaban J connectivity index is 1.53. The second-order valence-electron chi connectivity index (χ2n) is 6.71. The molecule has 32 heavy (non-hydrogen) atoms. The molecule has 0 aliphatic carbocycles. The highest BCUT2D eigenvalue weighted by Crippen LogP contribution is 2.38. The number of nitrogens with zero attached hydrogens (tertiary/aromatic N) is 2. The molecule has 0 bridgehead atoms. The maximum absolute atomic E-state index is 12.5. The van der Waals surface area contributed by atoms with Crippen LogP contribution in [0.25, 0.3) is 11.4 Å². The predicted octanol–water partition coefficient (Wildman–Crippen LogP) is 2.23. The normalized spacial score (nSPS) is 10.4. The van der Waals surface area contributed by atoms with Gasteiger partial charge in [0, 0.05) is 24.2 Å². The summed E-state index contributed by atoms with van der Waals surface area (Å²) in [5.41, 5.74) is 2.17. The number of carbonyl (C=O) groups is 2. The largest absolute Gasteiger partial charge is 0.493 e. The highest BCUT2D eigenvalue weighted by atomic mass is 16.5. The summed E-state index contributed by atoms with van der Waals surface area (Å²) >= 11 is 0. The zero-order valence-electron chi connectivity index (χ0n) is 18.2. The van der Waals surface area contributed by atoms with Crippen LogP contribution in [0.5, 0.6) is 17.2 Å². The van der Waals surface area contributed by atoms with Gasteiger partial charge >= 0.3 is 11.8 Å². The number of hydrogen-bond acceptors (Lipinski definition) is 8. The van der Waals surface area contributed by atoms with Crippen LogP contribution in [0.4, 0.5) is 0 Å². The van der Waals surface area contributed by atoms with Crippen LogP contribution in [0.3, 0.4) is 0 Å². The average Bonchev–Trinajstić information content (AvgIpc) is 3.31. The van der Waals surface area contributed by atoms with Gasteiger partial charge in [-0.25, -0.2) is 0 Å². The van der Waals surface area contributed by atoms with Crippen molar-refractivity contribution in [1.82, 2.24) is 20.8 Å². The lowest BCUT2D eigenvalue weighted by Gasteiger charge is -2.14. The van der Waals surface area contributed by atoms with Crippen LogP contribution in [0, 0.1) is 6.92 Å². The Morgan fingerprint density at radius 2 is 1.50 bits per heavy atom. The van der Waals surface area contributed by atoms with E-state index in [-0.39, 0.29) is 24.9 Å². The van der Waals surface area contributed by atoms with E-state index in [1.54, 1.807) is 12.1 Å². The molecule has 0 aliphatic heterocycles. The topological polar surface area (TPSA) is 125 Å². The Labute approximate surface area is 184 Å². The molecule has 0 radical (unpaired) electrons. The van der Waals surface area contributed by atoms with Gasteiger partial charge in [-0.05, 0) is 19.1 Å². The van der Waals surface area contributed by atoms with Crippen molar-refractivity contribution in [2.24, 2.45) is 0 Å². The predicted molar refractivity (Wildman–Crippen MR) is 115 cm³/mol. The van der Waals surface area contributed by atoms with Crippen LogP contribution in [-0.2, 0) is 0 Å². The number of aryl methyl sites for hydroxylation is 1. The highest BCUT2D eigenvalue weighted by molar-refractivity contribution is 5.95. The Morgan fingerprint density at radius 3 is 2.06 bits per heavy atom. The summed E-state index contributed by atoms with van der Waals surface area (Å²) in [7, 11) is 4.42. The summed E-state index contributed by atoms with van der Waals surface area (Å²) < 4.78 is 20.8. The molecule has 0 saturated carbocycles. The first-order chi connectivity index (χ1) is 15.5. The molecule has 10 heteroatoms. The number of nitrogens with one attached hydrogen (secondary N) is 2. The van der Waals surface area contributed by atoms with Crippen molar-refractivity contribution in [3.05, 3.63) is 53.4 Å². The number of benzene rings is 2. The first-order valence-electron chi connectivity index (χ1n) is 9.74. The monoisotopic (exact) mass is 440 g/mol. The number of amides is 2. The van der Waals surface area contributed by atoms with Crippen molar-refractivity contribution in [1.29, 1.82) is 0 Å². The first-order valence-corrected chi connectivity index (χ1v) is 9.74. The molecule has 0 fully saturated rings. The summed E-state index contributed by atoms with van der Waals surface area (Å²) in [6, 6.07) is 10.6. The van der Waals surface area contributed by atoms with Crippen molar-refractivity contribution in [3.8, 4) is 28.6 Å². The molecule has 0 aliphatic rings. The van der Waals surface area contributed by atoms with Crippen molar-refractivity contribution < 1.29 is 28.3 Å². The van der Waals surface area contributed by atoms with Crippen LogP contribution in [0.2, 0.25) is 0 Å². The van der Waals surface area contributed by atoms with Gasteiger partial charge in [0.15, 0.2) is 11.5 Å². The van der Waals surface area contributed by atoms with Crippen LogP contribution >= 0.6 is 0 Å². The molecule has 0 spiro atoms. The van der Waals surface area contributed by atoms with Gasteiger partial charge in [-0.2, -0.15) is 4.98 Å². The molecule has 0 saturated heterocycles. The lowest BCUT2D eigenvalue weighted by atomic mass is 10.1. The molecule has 3 aromatic rings. The second-order valence-corrected chi connectivity index (χ2v) is 6.71. The van der Waals surface area contributed by atoms with E-state index >= 15 is 0 Å². The van der Waals surface area contributed by atoms with Gasteiger partial charge in [0.2, 0.25) is 11.6 Å². The third-order valence-electron chi connectivity index (χ3n) is 4.55. The maximum atomic E-state index is 12.5. The van der Waals surface area contributed by atoms with Crippen molar-refractivity contribution in [2.45, 2.75) is 6.92 Å². The van der Waals surface area contributed by atoms with Crippen molar-refractivity contribution in [3.63, 3.8) is 0 Å². The van der Waals surface area contributed by atoms with E-state index in [9.17, 15) is 9.59 Å². The molecular formula is C22H24N4O6. The molecule has 2 aromatic carbocycles. The van der Waals surface area contributed by atoms with Crippen LogP contribution in [0.1, 0.15) is 26.6 Å². The van der Waals surface area contributed by atoms with Crippen LogP contribution in [0.15, 0.2) is 40.9 Å². The van der Waals surface area contributed by atoms with Crippen molar-refractivity contribution in [2.75, 3.05) is 34.4 Å². The van der Waals surface area contributed by atoms with Gasteiger partial charge in [-0.1, -0.05) is 35.0 Å². The molecule has 0 unspecified atom stereocenters. The van der Waals surface area contributed by atoms with Crippen molar-refractivity contribution >= 4 is 11.8 Å². The fourth-order valence-corrected chi connectivity index (χ4v) is 2.88. The number of hydrogen-bond donors (Lipinski definition) is 2. The van der Waals surface area contributed by atoms with Gasteiger partial charge in [0.05, 0.1) is 21.3 Å². The molecule has 0 atom stereocenters. The number of carbonyl (C=O) groups excluding carboxylic acids is 2. The fourth-order valence-electron chi connectivity index (χ4n) is 2.88. The van der Waals surface area contributed by atoms with E-state index < -0.39 is 5.91 Å². The molecule has 3 rings (SSSR count). The number of ether oxygens (including phenoxy) is 3. The molecule has 1 aromatic heterocycles. The van der Waals surface area contributed by atoms with Gasteiger partial charge < -0.3 is 29.4 Å². The highest BCUT2D eigenvalue weighted by Gasteiger charge is 2.18. The Hall–Kier alpha value is -4.08. The van der Waals surface area contributed by atoms with E-state index in [1.165, 1.54) is 21.3 Å². The molecule has 1 heterocycles. The third-order valence-corrected chi connectivity index (χ3v) is 4.55. The number of methoxy groups -OCH3 is 3. The summed E-state index contributed by atoms with van der Waals surface area (Å²) in [4.78, 5) is 28.8. The Morgan fingerprint density at radius 1 is 0.906 bits per heavy atom. The summed E-state index contributed by atoms with van der Waals surface area (Å²) in [6.07, 6.45) is 0. The zero-order valence-corrected chi connectivity index (χ0v) is 18.2. The average molecular weight is 440 g/mol. The second kappa shape index (κ2) is 10.3. The summed E-state index contributed by atoms with van der Waals surface area (Å²) in [6.45, 7) is 2.32. The van der Waals surface area contributed by atoms with E-state index in [2.05, 4.69) is 20.8 Å². The first kappa shape index (κ1) is 22.6. The number of rotatable bonds is 9. The summed E-state index contributed by atoms with van der Waals surface area (Å²) in [5.74, 6) is 0.402. The van der Waals surface area contributed by atoms with Crippen LogP contribution in [-0.4, -0.2) is 56.4 Å². The van der Waals surface area contributed by atoms with E-state index in [0.717, 1.165) is 11.1 Å². The van der Waals surface area contributed by atoms with Gasteiger partial charge in [-0.3, -0.25) is 9.59 Å². The minimum absolute atomic E-state index is 0.156. The van der Waals surface area contributed by atoms with Gasteiger partial charge in [-0.15, -0.1) is 0 Å². The Kier molecular flexibility index (Phi) is 7.27. The quantitative estimate of drug-likeness (QED) is 0.486. The van der Waals surface area contributed by atoms with Gasteiger partial charge in [0.1, 0.15) is 0 Å². The zero-order chi connectivity index (χ0) is 23.1. The minimum Gasteiger partial charge on any atom is -0.493 e. The maximum Gasteiger partial charge on any atom is 0.316 e. The lowest BCUT2D eigenvalue weighted by molar-refractivity contribution is 0.0898. The third kappa shape index (κ3) is 5.15. The molecule has 2 N–H and O–H groups in total. The molecule has 168 valence electrons. The van der Waals surface area contributed by atoms with Gasteiger partial charge in [0.25, 0.3) is 5.91 Å². The molecule has 10 nitrogen and oxygen atoms in total. The van der Waals surface area contributed by atoms with E-state index in [4.69, 9.17) is 18.7 Å². The van der Waals surface area contributed by atoms with E-state index in [1.807, 2.05) is 31.2 Å². The smallest absolute Gasteiger partial charge is 0.316 e. The van der Waals surface area contributed by atoms with E-state index in [0.29, 0.717) is 28.6 Å². The Bertz CT molecular complexity index is 1070. The standard InChI is InChI=1S/C22H24N4O6/c1-13-5-7-14(8-6-13)19-25-22(32-26-19)21(28)24-10-9-23-20(27)15-11-16(29-2)18(31-4)17(12-15)30-3/h5-8,11-12H,9-10H2,1-4H3,(H,23,27)(H,24,28). The number of aromatic nitrogens is 2. The summed E-state index contributed by atoms with van der Waals surface area (Å²) in [5, 5.41) is 9.16. The molecule has 2 amide bonds. The lowest BCUT2D eigenvalue weighted by Crippen LogP contribution is -2.34. The fraction of sp³-hybridized carbons (Fsp3) is 0.273.